The van der Waals surface area contributed by atoms with Crippen molar-refractivity contribution in [2.75, 3.05) is 13.7 Å². The van der Waals surface area contributed by atoms with Crippen LogP contribution in [0.2, 0.25) is 10.0 Å². The van der Waals surface area contributed by atoms with Gasteiger partial charge in [-0.2, -0.15) is 0 Å². The Morgan fingerprint density at radius 1 is 1.18 bits per heavy atom. The van der Waals surface area contributed by atoms with Gasteiger partial charge in [0.25, 0.3) is 0 Å². The zero-order valence-corrected chi connectivity index (χ0v) is 17.7. The quantitative estimate of drug-likeness (QED) is 0.696. The highest BCUT2D eigenvalue weighted by Gasteiger charge is 2.26. The lowest BCUT2D eigenvalue weighted by molar-refractivity contribution is -0.140. The maximum atomic E-state index is 13.1. The van der Waals surface area contributed by atoms with Crippen LogP contribution in [0.15, 0.2) is 42.5 Å². The number of likely N-dealkylation sites (N-methyl/N-ethyl adjacent to an activating group) is 1. The Balaban J connectivity index is 2.27. The molecule has 2 amide bonds. The molecule has 0 aromatic heterocycles. The number of ether oxygens (including phenoxy) is 1. The van der Waals surface area contributed by atoms with E-state index in [0.717, 1.165) is 5.56 Å². The molecule has 28 heavy (non-hydrogen) atoms. The van der Waals surface area contributed by atoms with Crippen molar-refractivity contribution in [3.63, 3.8) is 0 Å². The van der Waals surface area contributed by atoms with E-state index >= 15 is 0 Å². The van der Waals surface area contributed by atoms with Crippen molar-refractivity contribution in [1.29, 1.82) is 0 Å². The van der Waals surface area contributed by atoms with Crippen molar-refractivity contribution in [1.82, 2.24) is 10.2 Å². The molecule has 1 atom stereocenters. The molecule has 0 bridgehead atoms. The van der Waals surface area contributed by atoms with Crippen molar-refractivity contribution in [3.05, 3.63) is 63.6 Å². The fourth-order valence-corrected chi connectivity index (χ4v) is 3.28. The minimum absolute atomic E-state index is 0.0731. The third-order valence-electron chi connectivity index (χ3n) is 4.36. The Kier molecular flexibility index (Phi) is 8.15. The van der Waals surface area contributed by atoms with Crippen LogP contribution in [0.5, 0.6) is 5.75 Å². The van der Waals surface area contributed by atoms with Gasteiger partial charge in [0, 0.05) is 23.1 Å². The maximum Gasteiger partial charge on any atom is 0.242 e. The SMILES string of the molecule is CCNC(=O)C(C)N(Cc1cccc(OC)c1)C(=O)Cc1ccc(Cl)cc1Cl. The lowest BCUT2D eigenvalue weighted by Gasteiger charge is -2.29. The van der Waals surface area contributed by atoms with Gasteiger partial charge in [-0.1, -0.05) is 41.4 Å². The number of rotatable bonds is 8. The summed E-state index contributed by atoms with van der Waals surface area (Å²) in [6.45, 7) is 4.33. The number of benzene rings is 2. The van der Waals surface area contributed by atoms with Gasteiger partial charge in [0.15, 0.2) is 0 Å². The van der Waals surface area contributed by atoms with E-state index in [0.29, 0.717) is 27.9 Å². The Morgan fingerprint density at radius 3 is 2.57 bits per heavy atom. The molecule has 2 rings (SSSR count). The first-order chi connectivity index (χ1) is 13.3. The average Bonchev–Trinajstić information content (AvgIpc) is 2.68. The normalized spacial score (nSPS) is 11.6. The lowest BCUT2D eigenvalue weighted by atomic mass is 10.1. The minimum atomic E-state index is -0.635. The summed E-state index contributed by atoms with van der Waals surface area (Å²) in [5.41, 5.74) is 1.53. The van der Waals surface area contributed by atoms with E-state index in [-0.39, 0.29) is 24.8 Å². The Bertz CT molecular complexity index is 842. The highest BCUT2D eigenvalue weighted by molar-refractivity contribution is 6.35. The number of halogens is 2. The number of nitrogens with zero attached hydrogens (tertiary/aromatic N) is 1. The van der Waals surface area contributed by atoms with Crippen LogP contribution < -0.4 is 10.1 Å². The second-order valence-electron chi connectivity index (χ2n) is 6.36. The summed E-state index contributed by atoms with van der Waals surface area (Å²) in [6.07, 6.45) is 0.0731. The van der Waals surface area contributed by atoms with Crippen LogP contribution in [0.1, 0.15) is 25.0 Å². The Hall–Kier alpha value is -2.24. The van der Waals surface area contributed by atoms with E-state index in [2.05, 4.69) is 5.32 Å². The van der Waals surface area contributed by atoms with Crippen molar-refractivity contribution in [3.8, 4) is 5.75 Å². The molecule has 0 aliphatic heterocycles. The predicted molar refractivity (Wildman–Crippen MR) is 112 cm³/mol. The molecule has 2 aromatic rings. The molecule has 0 aliphatic carbocycles. The molecule has 1 unspecified atom stereocenters. The predicted octanol–water partition coefficient (Wildman–Crippen LogP) is 4.10. The van der Waals surface area contributed by atoms with Crippen molar-refractivity contribution < 1.29 is 14.3 Å². The smallest absolute Gasteiger partial charge is 0.242 e. The van der Waals surface area contributed by atoms with Crippen LogP contribution >= 0.6 is 23.2 Å². The number of carbonyl (C=O) groups is 2. The van der Waals surface area contributed by atoms with Crippen LogP contribution in [0, 0.1) is 0 Å². The third-order valence-corrected chi connectivity index (χ3v) is 4.95. The van der Waals surface area contributed by atoms with Crippen molar-refractivity contribution in [2.45, 2.75) is 32.9 Å². The molecule has 0 saturated carbocycles. The van der Waals surface area contributed by atoms with Gasteiger partial charge in [-0.15, -0.1) is 0 Å². The van der Waals surface area contributed by atoms with E-state index in [1.807, 2.05) is 31.2 Å². The minimum Gasteiger partial charge on any atom is -0.497 e. The first-order valence-corrected chi connectivity index (χ1v) is 9.75. The lowest BCUT2D eigenvalue weighted by Crippen LogP contribution is -2.48. The van der Waals surface area contributed by atoms with Gasteiger partial charge in [-0.25, -0.2) is 0 Å². The van der Waals surface area contributed by atoms with Gasteiger partial charge < -0.3 is 15.0 Å². The standard InChI is InChI=1S/C21H24Cl2N2O3/c1-4-24-21(27)14(2)25(13-15-6-5-7-18(10-15)28-3)20(26)11-16-8-9-17(22)12-19(16)23/h5-10,12,14H,4,11,13H2,1-3H3,(H,24,27). The van der Waals surface area contributed by atoms with Crippen LogP contribution in [0.3, 0.4) is 0 Å². The van der Waals surface area contributed by atoms with Crippen LogP contribution in [-0.2, 0) is 22.6 Å². The van der Waals surface area contributed by atoms with Gasteiger partial charge >= 0.3 is 0 Å². The molecule has 0 saturated heterocycles. The maximum absolute atomic E-state index is 13.1. The van der Waals surface area contributed by atoms with Gasteiger partial charge in [0.05, 0.1) is 13.5 Å². The number of hydrogen-bond donors (Lipinski definition) is 1. The summed E-state index contributed by atoms with van der Waals surface area (Å²) in [5, 5.41) is 3.70. The summed E-state index contributed by atoms with van der Waals surface area (Å²) in [7, 11) is 1.59. The summed E-state index contributed by atoms with van der Waals surface area (Å²) in [4.78, 5) is 27.0. The van der Waals surface area contributed by atoms with Gasteiger partial charge in [0.1, 0.15) is 11.8 Å². The highest BCUT2D eigenvalue weighted by atomic mass is 35.5. The highest BCUT2D eigenvalue weighted by Crippen LogP contribution is 2.23. The number of methoxy groups -OCH3 is 1. The first kappa shape index (κ1) is 22.1. The van der Waals surface area contributed by atoms with E-state index in [1.54, 1.807) is 37.1 Å². The molecular weight excluding hydrogens is 399 g/mol. The van der Waals surface area contributed by atoms with Crippen molar-refractivity contribution >= 4 is 35.0 Å². The van der Waals surface area contributed by atoms with Gasteiger partial charge in [-0.05, 0) is 49.2 Å². The second kappa shape index (κ2) is 10.3. The van der Waals surface area contributed by atoms with E-state index in [9.17, 15) is 9.59 Å². The molecule has 2 aromatic carbocycles. The van der Waals surface area contributed by atoms with Crippen molar-refractivity contribution in [2.24, 2.45) is 0 Å². The molecule has 0 fully saturated rings. The monoisotopic (exact) mass is 422 g/mol. The van der Waals surface area contributed by atoms with E-state index < -0.39 is 6.04 Å². The Labute approximate surface area is 175 Å². The average molecular weight is 423 g/mol. The van der Waals surface area contributed by atoms with Crippen LogP contribution in [0.4, 0.5) is 0 Å². The fraction of sp³-hybridized carbons (Fsp3) is 0.333. The van der Waals surface area contributed by atoms with E-state index in [1.165, 1.54) is 0 Å². The van der Waals surface area contributed by atoms with Crippen LogP contribution in [0.25, 0.3) is 0 Å². The second-order valence-corrected chi connectivity index (χ2v) is 7.20. The molecular formula is C21H24Cl2N2O3. The van der Waals surface area contributed by atoms with Crippen LogP contribution in [-0.4, -0.2) is 36.4 Å². The molecule has 0 radical (unpaired) electrons. The third kappa shape index (κ3) is 5.88. The first-order valence-electron chi connectivity index (χ1n) is 8.99. The molecule has 7 heteroatoms. The molecule has 1 N–H and O–H groups in total. The largest absolute Gasteiger partial charge is 0.497 e. The molecule has 5 nitrogen and oxygen atoms in total. The summed E-state index contributed by atoms with van der Waals surface area (Å²) >= 11 is 12.2. The number of amides is 2. The zero-order chi connectivity index (χ0) is 20.7. The Morgan fingerprint density at radius 2 is 1.93 bits per heavy atom. The molecule has 0 heterocycles. The fourth-order valence-electron chi connectivity index (χ4n) is 2.80. The number of hydrogen-bond acceptors (Lipinski definition) is 3. The number of nitrogens with one attached hydrogen (secondary N) is 1. The topological polar surface area (TPSA) is 58.6 Å². The zero-order valence-electron chi connectivity index (χ0n) is 16.2. The van der Waals surface area contributed by atoms with Gasteiger partial charge in [-0.3, -0.25) is 9.59 Å². The molecule has 150 valence electrons. The van der Waals surface area contributed by atoms with E-state index in [4.69, 9.17) is 27.9 Å². The van der Waals surface area contributed by atoms with Gasteiger partial charge in [0.2, 0.25) is 11.8 Å². The molecule has 0 spiro atoms. The summed E-state index contributed by atoms with van der Waals surface area (Å²) in [6, 6.07) is 11.8. The summed E-state index contributed by atoms with van der Waals surface area (Å²) < 4.78 is 5.25. The summed E-state index contributed by atoms with van der Waals surface area (Å²) in [5.74, 6) is 0.281. The molecule has 0 aliphatic rings. The number of carbonyl (C=O) groups excluding carboxylic acids is 2.